The van der Waals surface area contributed by atoms with Crippen molar-refractivity contribution in [3.63, 3.8) is 0 Å². The molecule has 2 aliphatic rings. The first kappa shape index (κ1) is 31.2. The van der Waals surface area contributed by atoms with E-state index in [1.54, 1.807) is 0 Å². The highest BCUT2D eigenvalue weighted by atomic mass is 16.2. The zero-order valence-electron chi connectivity index (χ0n) is 22.2. The van der Waals surface area contributed by atoms with Gasteiger partial charge in [0.1, 0.15) is 0 Å². The quantitative estimate of drug-likeness (QED) is 0.603. The van der Waals surface area contributed by atoms with E-state index in [2.05, 4.69) is 58.9 Å². The Labute approximate surface area is 218 Å². The molecule has 8 heteroatoms. The minimum atomic E-state index is 0.125. The number of rotatable bonds is 4. The zero-order valence-corrected chi connectivity index (χ0v) is 22.2. The van der Waals surface area contributed by atoms with E-state index in [9.17, 15) is 9.59 Å². The predicted molar refractivity (Wildman–Crippen MR) is 135 cm³/mol. The molecule has 8 nitrogen and oxygen atoms in total. The van der Waals surface area contributed by atoms with E-state index in [0.717, 1.165) is 13.1 Å². The third kappa shape index (κ3) is 9.96. The molecule has 2 aromatic carbocycles. The summed E-state index contributed by atoms with van der Waals surface area (Å²) < 4.78 is 0. The standard InChI is InChI=1S/C14H19NO.C13H17NO.2CO2/c1-11(12-7-5-4-6-8-12)15-10-14(2,3)9-13(15)16;1-10-8-13(15)14(9-10)11(2)12-6-4-3-5-7-12;2*2-1-3/h4-8,11H,9-10H2,1-3H3;3-7,10-11H,8-9H2,1-2H3;;/t11-;10-,11+;;/m10../s1. The van der Waals surface area contributed by atoms with E-state index in [1.165, 1.54) is 11.1 Å². The van der Waals surface area contributed by atoms with Gasteiger partial charge in [-0.1, -0.05) is 81.4 Å². The van der Waals surface area contributed by atoms with Crippen molar-refractivity contribution in [1.29, 1.82) is 0 Å². The lowest BCUT2D eigenvalue weighted by molar-refractivity contribution is -0.193. The molecule has 0 saturated carbocycles. The number of hydrogen-bond donors (Lipinski definition) is 0. The van der Waals surface area contributed by atoms with Gasteiger partial charge in [-0.2, -0.15) is 19.2 Å². The molecule has 2 amide bonds. The van der Waals surface area contributed by atoms with Crippen LogP contribution in [0, 0.1) is 11.3 Å². The zero-order chi connectivity index (χ0) is 28.0. The monoisotopic (exact) mass is 508 g/mol. The Morgan fingerprint density at radius 2 is 1.16 bits per heavy atom. The Morgan fingerprint density at radius 1 is 0.757 bits per heavy atom. The van der Waals surface area contributed by atoms with Gasteiger partial charge >= 0.3 is 12.3 Å². The minimum absolute atomic E-state index is 0.125. The van der Waals surface area contributed by atoms with Gasteiger partial charge in [-0.05, 0) is 36.3 Å². The number of carbonyl (C=O) groups excluding carboxylic acids is 6. The van der Waals surface area contributed by atoms with Crippen LogP contribution < -0.4 is 0 Å². The van der Waals surface area contributed by atoms with E-state index >= 15 is 0 Å². The Morgan fingerprint density at radius 3 is 1.49 bits per heavy atom. The molecule has 2 aliphatic heterocycles. The van der Waals surface area contributed by atoms with E-state index in [4.69, 9.17) is 19.2 Å². The minimum Gasteiger partial charge on any atom is -0.336 e. The third-order valence-corrected chi connectivity index (χ3v) is 6.40. The molecule has 4 rings (SSSR count). The number of carbonyl (C=O) groups is 2. The Balaban J connectivity index is 0.000000306. The molecule has 0 N–H and O–H groups in total. The fourth-order valence-corrected chi connectivity index (χ4v) is 4.58. The number of hydrogen-bond acceptors (Lipinski definition) is 6. The molecule has 0 unspecified atom stereocenters. The second-order valence-electron chi connectivity index (χ2n) is 10.1. The molecule has 0 bridgehead atoms. The first-order valence-corrected chi connectivity index (χ1v) is 12.2. The molecule has 2 heterocycles. The number of nitrogens with zero attached hydrogens (tertiary/aromatic N) is 2. The van der Waals surface area contributed by atoms with Crippen LogP contribution in [-0.4, -0.2) is 47.0 Å². The number of likely N-dealkylation sites (tertiary alicyclic amines) is 2. The van der Waals surface area contributed by atoms with Gasteiger partial charge in [0.15, 0.2) is 0 Å². The molecule has 0 spiro atoms. The van der Waals surface area contributed by atoms with Gasteiger partial charge < -0.3 is 9.80 Å². The lowest BCUT2D eigenvalue weighted by Crippen LogP contribution is -2.29. The van der Waals surface area contributed by atoms with Crippen LogP contribution in [0.15, 0.2) is 60.7 Å². The average Bonchev–Trinajstić information content (AvgIpc) is 3.36. The van der Waals surface area contributed by atoms with E-state index in [-0.39, 0.29) is 35.7 Å². The number of amides is 2. The molecule has 2 saturated heterocycles. The maximum atomic E-state index is 11.9. The van der Waals surface area contributed by atoms with Crippen LogP contribution in [0.5, 0.6) is 0 Å². The molecule has 37 heavy (non-hydrogen) atoms. The maximum absolute atomic E-state index is 11.9. The van der Waals surface area contributed by atoms with Gasteiger partial charge in [0.25, 0.3) is 0 Å². The highest BCUT2D eigenvalue weighted by Crippen LogP contribution is 2.35. The van der Waals surface area contributed by atoms with E-state index in [1.807, 2.05) is 46.2 Å². The van der Waals surface area contributed by atoms with Gasteiger partial charge in [-0.3, -0.25) is 9.59 Å². The fourth-order valence-electron chi connectivity index (χ4n) is 4.58. The summed E-state index contributed by atoms with van der Waals surface area (Å²) in [5.74, 6) is 1.07. The Hall–Kier alpha value is -3.86. The van der Waals surface area contributed by atoms with Crippen molar-refractivity contribution in [1.82, 2.24) is 9.80 Å². The summed E-state index contributed by atoms with van der Waals surface area (Å²) in [6, 6.07) is 20.9. The largest absolute Gasteiger partial charge is 0.373 e. The first-order chi connectivity index (χ1) is 17.5. The van der Waals surface area contributed by atoms with Crippen molar-refractivity contribution in [2.75, 3.05) is 13.1 Å². The molecule has 2 aromatic rings. The highest BCUT2D eigenvalue weighted by molar-refractivity contribution is 5.80. The van der Waals surface area contributed by atoms with Crippen LogP contribution in [-0.2, 0) is 28.8 Å². The average molecular weight is 509 g/mol. The molecule has 0 aromatic heterocycles. The molecule has 198 valence electrons. The summed E-state index contributed by atoms with van der Waals surface area (Å²) in [5, 5.41) is 0. The van der Waals surface area contributed by atoms with Crippen molar-refractivity contribution in [2.45, 2.75) is 59.5 Å². The van der Waals surface area contributed by atoms with Crippen LogP contribution in [0.3, 0.4) is 0 Å². The first-order valence-electron chi connectivity index (χ1n) is 12.2. The lowest BCUT2D eigenvalue weighted by Gasteiger charge is -2.26. The van der Waals surface area contributed by atoms with Crippen LogP contribution in [0.4, 0.5) is 0 Å². The fraction of sp³-hybridized carbons (Fsp3) is 0.448. The lowest BCUT2D eigenvalue weighted by atomic mass is 9.93. The SMILES string of the molecule is C[C@H](c1ccccc1)N1CC(C)(C)CC1=O.C[C@H]1CC(=O)N([C@H](C)c2ccccc2)C1.O=C=O.O=C=O. The van der Waals surface area contributed by atoms with Gasteiger partial charge in [-0.25, -0.2) is 0 Å². The van der Waals surface area contributed by atoms with Crippen molar-refractivity contribution in [3.8, 4) is 0 Å². The molecule has 3 atom stereocenters. The van der Waals surface area contributed by atoms with Gasteiger partial charge in [-0.15, -0.1) is 0 Å². The van der Waals surface area contributed by atoms with Crippen LogP contribution in [0.25, 0.3) is 0 Å². The highest BCUT2D eigenvalue weighted by Gasteiger charge is 2.38. The van der Waals surface area contributed by atoms with Crippen molar-refractivity contribution >= 4 is 24.1 Å². The summed E-state index contributed by atoms with van der Waals surface area (Å²) in [5.41, 5.74) is 2.56. The molecular formula is C29H36N2O6. The van der Waals surface area contributed by atoms with Crippen LogP contribution in [0.2, 0.25) is 0 Å². The van der Waals surface area contributed by atoms with Crippen molar-refractivity contribution < 1.29 is 28.8 Å². The van der Waals surface area contributed by atoms with Crippen molar-refractivity contribution in [3.05, 3.63) is 71.8 Å². The molecular weight excluding hydrogens is 472 g/mol. The summed E-state index contributed by atoms with van der Waals surface area (Å²) in [4.78, 5) is 60.1. The van der Waals surface area contributed by atoms with Gasteiger partial charge in [0.05, 0.1) is 12.1 Å². The topological polar surface area (TPSA) is 109 Å². The van der Waals surface area contributed by atoms with Crippen LogP contribution >= 0.6 is 0 Å². The normalized spacial score (nSPS) is 19.0. The van der Waals surface area contributed by atoms with E-state index in [0.29, 0.717) is 24.7 Å². The van der Waals surface area contributed by atoms with Crippen LogP contribution in [0.1, 0.15) is 70.7 Å². The van der Waals surface area contributed by atoms with Crippen molar-refractivity contribution in [2.24, 2.45) is 11.3 Å². The summed E-state index contributed by atoms with van der Waals surface area (Å²) in [7, 11) is 0. The summed E-state index contributed by atoms with van der Waals surface area (Å²) in [6.07, 6.45) is 1.88. The third-order valence-electron chi connectivity index (χ3n) is 6.40. The molecule has 0 radical (unpaired) electrons. The predicted octanol–water partition coefficient (Wildman–Crippen LogP) is 4.46. The smallest absolute Gasteiger partial charge is 0.336 e. The molecule has 2 fully saturated rings. The molecule has 0 aliphatic carbocycles. The second kappa shape index (κ2) is 15.3. The van der Waals surface area contributed by atoms with Gasteiger partial charge in [0.2, 0.25) is 11.8 Å². The summed E-state index contributed by atoms with van der Waals surface area (Å²) in [6.45, 7) is 12.4. The second-order valence-corrected chi connectivity index (χ2v) is 10.1. The summed E-state index contributed by atoms with van der Waals surface area (Å²) >= 11 is 0. The van der Waals surface area contributed by atoms with Gasteiger partial charge in [0, 0.05) is 25.9 Å². The Kier molecular flexibility index (Phi) is 12.9. The number of benzene rings is 2. The maximum Gasteiger partial charge on any atom is 0.373 e. The Bertz CT molecular complexity index is 1050. The van der Waals surface area contributed by atoms with E-state index < -0.39 is 0 Å².